The quantitative estimate of drug-likeness (QED) is 0.851. The summed E-state index contributed by atoms with van der Waals surface area (Å²) in [5.74, 6) is 0.689. The number of nitrogens with zero attached hydrogens (tertiary/aromatic N) is 1. The molecule has 19 heavy (non-hydrogen) atoms. The molecule has 108 valence electrons. The Balaban J connectivity index is 2.83. The van der Waals surface area contributed by atoms with Gasteiger partial charge in [-0.1, -0.05) is 31.5 Å². The smallest absolute Gasteiger partial charge is 0.0642 e. The van der Waals surface area contributed by atoms with Gasteiger partial charge in [-0.15, -0.1) is 0 Å². The maximum absolute atomic E-state index is 6.41. The topological polar surface area (TPSA) is 29.3 Å². The maximum Gasteiger partial charge on any atom is 0.0642 e. The van der Waals surface area contributed by atoms with E-state index in [2.05, 4.69) is 44.9 Å². The molecule has 0 aliphatic rings. The van der Waals surface area contributed by atoms with Gasteiger partial charge in [0.2, 0.25) is 0 Å². The van der Waals surface area contributed by atoms with Gasteiger partial charge in [-0.2, -0.15) is 0 Å². The Morgan fingerprint density at radius 1 is 1.21 bits per heavy atom. The van der Waals surface area contributed by atoms with E-state index in [1.807, 2.05) is 13.0 Å². The fourth-order valence-electron chi connectivity index (χ4n) is 2.41. The van der Waals surface area contributed by atoms with E-state index in [1.54, 1.807) is 0 Å². The largest absolute Gasteiger partial charge is 0.371 e. The number of rotatable bonds is 6. The highest BCUT2D eigenvalue weighted by molar-refractivity contribution is 6.33. The van der Waals surface area contributed by atoms with E-state index in [9.17, 15) is 0 Å². The lowest BCUT2D eigenvalue weighted by Crippen LogP contribution is -2.30. The number of hydrogen-bond acceptors (Lipinski definition) is 2. The third kappa shape index (κ3) is 5.04. The summed E-state index contributed by atoms with van der Waals surface area (Å²) in [5.41, 5.74) is 8.12. The molecule has 0 saturated carbocycles. The summed E-state index contributed by atoms with van der Waals surface area (Å²) in [6, 6.07) is 6.93. The zero-order valence-corrected chi connectivity index (χ0v) is 13.5. The summed E-state index contributed by atoms with van der Waals surface area (Å²) in [6.07, 6.45) is 2.03. The minimum Gasteiger partial charge on any atom is -0.371 e. The van der Waals surface area contributed by atoms with Gasteiger partial charge in [-0.25, -0.2) is 0 Å². The molecule has 1 rings (SSSR count). The highest BCUT2D eigenvalue weighted by Crippen LogP contribution is 2.29. The average molecular weight is 283 g/mol. The fraction of sp³-hybridized carbons (Fsp3) is 0.625. The van der Waals surface area contributed by atoms with Gasteiger partial charge in [0, 0.05) is 19.1 Å². The minimum atomic E-state index is 0.166. The lowest BCUT2D eigenvalue weighted by Gasteiger charge is -2.29. The molecule has 0 heterocycles. The van der Waals surface area contributed by atoms with Crippen molar-refractivity contribution in [1.29, 1.82) is 0 Å². The molecule has 0 spiro atoms. The van der Waals surface area contributed by atoms with Crippen molar-refractivity contribution in [2.75, 3.05) is 11.9 Å². The summed E-state index contributed by atoms with van der Waals surface area (Å²) in [5, 5.41) is 0.816. The summed E-state index contributed by atoms with van der Waals surface area (Å²) in [7, 11) is 2.11. The highest BCUT2D eigenvalue weighted by atomic mass is 35.5. The van der Waals surface area contributed by atoms with E-state index in [-0.39, 0.29) is 6.04 Å². The van der Waals surface area contributed by atoms with Crippen LogP contribution in [0.15, 0.2) is 18.2 Å². The average Bonchev–Trinajstić information content (AvgIpc) is 2.26. The molecule has 1 aromatic carbocycles. The van der Waals surface area contributed by atoms with Gasteiger partial charge < -0.3 is 10.6 Å². The zero-order chi connectivity index (χ0) is 14.6. The third-order valence-corrected chi connectivity index (χ3v) is 3.73. The van der Waals surface area contributed by atoms with Gasteiger partial charge in [-0.05, 0) is 50.3 Å². The second-order valence-corrected chi connectivity index (χ2v) is 6.46. The van der Waals surface area contributed by atoms with Crippen molar-refractivity contribution < 1.29 is 0 Å². The summed E-state index contributed by atoms with van der Waals surface area (Å²) < 4.78 is 0. The molecule has 2 nitrogen and oxygen atoms in total. The lowest BCUT2D eigenvalue weighted by atomic mass is 10.0. The van der Waals surface area contributed by atoms with Crippen molar-refractivity contribution in [1.82, 2.24) is 0 Å². The molecule has 0 aliphatic carbocycles. The van der Waals surface area contributed by atoms with E-state index >= 15 is 0 Å². The van der Waals surface area contributed by atoms with E-state index < -0.39 is 0 Å². The molecule has 1 aromatic rings. The van der Waals surface area contributed by atoms with Crippen LogP contribution in [0.3, 0.4) is 0 Å². The van der Waals surface area contributed by atoms with Crippen LogP contribution in [0.25, 0.3) is 0 Å². The van der Waals surface area contributed by atoms with Crippen LogP contribution in [-0.4, -0.2) is 19.1 Å². The van der Waals surface area contributed by atoms with Gasteiger partial charge in [-0.3, -0.25) is 0 Å². The predicted molar refractivity (Wildman–Crippen MR) is 86.1 cm³/mol. The summed E-state index contributed by atoms with van der Waals surface area (Å²) in [6.45, 7) is 8.75. The SMILES string of the molecule is CC(C)CC(C)N(C)c1ccc(CC(C)N)cc1Cl. The Labute approximate surface area is 122 Å². The normalized spacial score (nSPS) is 14.5. The molecule has 2 N–H and O–H groups in total. The molecular formula is C16H27ClN2. The molecule has 0 aliphatic heterocycles. The zero-order valence-electron chi connectivity index (χ0n) is 12.8. The fourth-order valence-corrected chi connectivity index (χ4v) is 2.75. The lowest BCUT2D eigenvalue weighted by molar-refractivity contribution is 0.504. The van der Waals surface area contributed by atoms with Gasteiger partial charge in [0.25, 0.3) is 0 Å². The van der Waals surface area contributed by atoms with E-state index in [1.165, 1.54) is 5.56 Å². The number of halogens is 1. The van der Waals surface area contributed by atoms with Crippen LogP contribution in [0.4, 0.5) is 5.69 Å². The number of hydrogen-bond donors (Lipinski definition) is 1. The summed E-state index contributed by atoms with van der Waals surface area (Å²) in [4.78, 5) is 2.26. The molecule has 0 aromatic heterocycles. The van der Waals surface area contributed by atoms with Crippen LogP contribution in [0.2, 0.25) is 5.02 Å². The second-order valence-electron chi connectivity index (χ2n) is 6.06. The first-order chi connectivity index (χ1) is 8.81. The molecule has 0 fully saturated rings. The van der Waals surface area contributed by atoms with E-state index in [4.69, 9.17) is 17.3 Å². The molecule has 0 bridgehead atoms. The van der Waals surface area contributed by atoms with Crippen molar-refractivity contribution >= 4 is 17.3 Å². The van der Waals surface area contributed by atoms with Crippen molar-refractivity contribution in [3.05, 3.63) is 28.8 Å². The standard InChI is InChI=1S/C16H27ClN2/c1-11(2)8-13(4)19(5)16-7-6-14(9-12(3)18)10-15(16)17/h6-7,10-13H,8-9,18H2,1-5H3. The van der Waals surface area contributed by atoms with Gasteiger partial charge in [0.1, 0.15) is 0 Å². The minimum absolute atomic E-state index is 0.166. The van der Waals surface area contributed by atoms with Crippen LogP contribution < -0.4 is 10.6 Å². The van der Waals surface area contributed by atoms with Crippen molar-refractivity contribution in [3.63, 3.8) is 0 Å². The molecule has 0 radical (unpaired) electrons. The van der Waals surface area contributed by atoms with E-state index in [0.717, 1.165) is 23.6 Å². The maximum atomic E-state index is 6.41. The van der Waals surface area contributed by atoms with Crippen molar-refractivity contribution in [3.8, 4) is 0 Å². The second kappa shape index (κ2) is 7.16. The Morgan fingerprint density at radius 3 is 2.32 bits per heavy atom. The molecule has 0 saturated heterocycles. The predicted octanol–water partition coefficient (Wildman–Crippen LogP) is 4.10. The molecule has 3 heteroatoms. The van der Waals surface area contributed by atoms with Crippen LogP contribution in [0, 0.1) is 5.92 Å². The Morgan fingerprint density at radius 2 is 1.84 bits per heavy atom. The van der Waals surface area contributed by atoms with E-state index in [0.29, 0.717) is 12.0 Å². The monoisotopic (exact) mass is 282 g/mol. The van der Waals surface area contributed by atoms with Crippen molar-refractivity contribution in [2.24, 2.45) is 11.7 Å². The Bertz CT molecular complexity index is 402. The van der Waals surface area contributed by atoms with Crippen LogP contribution in [-0.2, 0) is 6.42 Å². The number of benzene rings is 1. The van der Waals surface area contributed by atoms with Crippen molar-refractivity contribution in [2.45, 2.75) is 52.6 Å². The van der Waals surface area contributed by atoms with Gasteiger partial charge >= 0.3 is 0 Å². The Hall–Kier alpha value is -0.730. The first-order valence-electron chi connectivity index (χ1n) is 7.08. The Kier molecular flexibility index (Phi) is 6.15. The molecular weight excluding hydrogens is 256 g/mol. The number of anilines is 1. The third-order valence-electron chi connectivity index (χ3n) is 3.42. The van der Waals surface area contributed by atoms with Gasteiger partial charge in [0.15, 0.2) is 0 Å². The molecule has 2 unspecified atom stereocenters. The first kappa shape index (κ1) is 16.3. The van der Waals surface area contributed by atoms with Crippen LogP contribution in [0.1, 0.15) is 39.7 Å². The summed E-state index contributed by atoms with van der Waals surface area (Å²) >= 11 is 6.41. The highest BCUT2D eigenvalue weighted by Gasteiger charge is 2.14. The first-order valence-corrected chi connectivity index (χ1v) is 7.46. The van der Waals surface area contributed by atoms with Gasteiger partial charge in [0.05, 0.1) is 10.7 Å². The van der Waals surface area contributed by atoms with Crippen LogP contribution in [0.5, 0.6) is 0 Å². The molecule has 0 amide bonds. The number of nitrogens with two attached hydrogens (primary N) is 1. The molecule has 2 atom stereocenters. The van der Waals surface area contributed by atoms with Crippen LogP contribution >= 0.6 is 11.6 Å².